The van der Waals surface area contributed by atoms with E-state index in [4.69, 9.17) is 10.8 Å². The Hall–Kier alpha value is -0.570. The number of hydrogen-bond donors (Lipinski definition) is 2. The minimum Gasteiger partial charge on any atom is -0.481 e. The second kappa shape index (κ2) is 6.11. The van der Waals surface area contributed by atoms with Gasteiger partial charge in [-0.2, -0.15) is 0 Å². The smallest absolute Gasteiger partial charge is 0.303 e. The predicted octanol–water partition coefficient (Wildman–Crippen LogP) is 2.25. The van der Waals surface area contributed by atoms with Gasteiger partial charge in [-0.25, -0.2) is 0 Å². The van der Waals surface area contributed by atoms with E-state index >= 15 is 0 Å². The predicted molar refractivity (Wildman–Crippen MR) is 60.5 cm³/mol. The molecule has 15 heavy (non-hydrogen) atoms. The number of carboxylic acid groups (broad SMARTS) is 1. The topological polar surface area (TPSA) is 63.3 Å². The number of rotatable bonds is 6. The molecular weight excluding hydrogens is 190 g/mol. The fourth-order valence-corrected chi connectivity index (χ4v) is 2.75. The Morgan fingerprint density at radius 3 is 2.53 bits per heavy atom. The molecule has 0 saturated heterocycles. The number of carboxylic acids is 1. The molecule has 0 heterocycles. The summed E-state index contributed by atoms with van der Waals surface area (Å²) < 4.78 is 0. The molecule has 3 heteroatoms. The first-order valence-corrected chi connectivity index (χ1v) is 6.05. The van der Waals surface area contributed by atoms with Crippen LogP contribution in [0.4, 0.5) is 0 Å². The second-order valence-corrected chi connectivity index (χ2v) is 4.96. The van der Waals surface area contributed by atoms with E-state index in [1.54, 1.807) is 0 Å². The third-order valence-electron chi connectivity index (χ3n) is 3.71. The third-order valence-corrected chi connectivity index (χ3v) is 3.71. The van der Waals surface area contributed by atoms with Crippen molar-refractivity contribution in [3.8, 4) is 0 Å². The van der Waals surface area contributed by atoms with Crippen molar-refractivity contribution >= 4 is 5.97 Å². The van der Waals surface area contributed by atoms with E-state index in [0.717, 1.165) is 12.3 Å². The fourth-order valence-electron chi connectivity index (χ4n) is 2.75. The van der Waals surface area contributed by atoms with Crippen molar-refractivity contribution in [3.05, 3.63) is 0 Å². The monoisotopic (exact) mass is 213 g/mol. The molecule has 0 amide bonds. The first-order chi connectivity index (χ1) is 7.13. The minimum atomic E-state index is -0.718. The van der Waals surface area contributed by atoms with Crippen LogP contribution in [-0.2, 0) is 4.79 Å². The van der Waals surface area contributed by atoms with Crippen molar-refractivity contribution < 1.29 is 9.90 Å². The highest BCUT2D eigenvalue weighted by molar-refractivity contribution is 5.67. The van der Waals surface area contributed by atoms with Crippen molar-refractivity contribution in [1.82, 2.24) is 0 Å². The number of nitrogens with two attached hydrogens (primary N) is 1. The molecule has 0 spiro atoms. The standard InChI is InChI=1S/C12H23NO2/c1-9(11-4-2-3-5-11)6-10(8-13)7-12(14)15/h9-11H,2-8,13H2,1H3,(H,14,15). The quantitative estimate of drug-likeness (QED) is 0.711. The highest BCUT2D eigenvalue weighted by atomic mass is 16.4. The van der Waals surface area contributed by atoms with Crippen LogP contribution >= 0.6 is 0 Å². The highest BCUT2D eigenvalue weighted by Gasteiger charge is 2.24. The maximum atomic E-state index is 10.6. The summed E-state index contributed by atoms with van der Waals surface area (Å²) >= 11 is 0. The van der Waals surface area contributed by atoms with E-state index in [1.807, 2.05) is 0 Å². The molecule has 1 saturated carbocycles. The number of carbonyl (C=O) groups is 1. The van der Waals surface area contributed by atoms with Gasteiger partial charge in [0.05, 0.1) is 0 Å². The normalized spacial score (nSPS) is 21.5. The molecule has 3 N–H and O–H groups in total. The summed E-state index contributed by atoms with van der Waals surface area (Å²) in [5.74, 6) is 0.899. The lowest BCUT2D eigenvalue weighted by molar-refractivity contribution is -0.138. The molecule has 0 aliphatic heterocycles. The molecule has 0 aromatic heterocycles. The summed E-state index contributed by atoms with van der Waals surface area (Å²) in [6.07, 6.45) is 6.56. The summed E-state index contributed by atoms with van der Waals surface area (Å²) in [4.78, 5) is 10.6. The Balaban J connectivity index is 2.32. The molecule has 1 aliphatic carbocycles. The van der Waals surface area contributed by atoms with Crippen molar-refractivity contribution in [3.63, 3.8) is 0 Å². The maximum absolute atomic E-state index is 10.6. The van der Waals surface area contributed by atoms with E-state index < -0.39 is 5.97 Å². The van der Waals surface area contributed by atoms with E-state index in [0.29, 0.717) is 12.5 Å². The lowest BCUT2D eigenvalue weighted by Gasteiger charge is -2.23. The van der Waals surface area contributed by atoms with Gasteiger partial charge in [0, 0.05) is 6.42 Å². The molecular formula is C12H23NO2. The van der Waals surface area contributed by atoms with Crippen LogP contribution in [0.2, 0.25) is 0 Å². The second-order valence-electron chi connectivity index (χ2n) is 4.96. The van der Waals surface area contributed by atoms with Crippen LogP contribution in [0.25, 0.3) is 0 Å². The van der Waals surface area contributed by atoms with Crippen LogP contribution in [0, 0.1) is 17.8 Å². The van der Waals surface area contributed by atoms with Gasteiger partial charge in [-0.15, -0.1) is 0 Å². The molecule has 88 valence electrons. The lowest BCUT2D eigenvalue weighted by Crippen LogP contribution is -2.22. The molecule has 1 fully saturated rings. The van der Waals surface area contributed by atoms with Crippen LogP contribution < -0.4 is 5.73 Å². The molecule has 0 aromatic rings. The van der Waals surface area contributed by atoms with Crippen molar-refractivity contribution in [2.75, 3.05) is 6.54 Å². The molecule has 2 atom stereocenters. The van der Waals surface area contributed by atoms with Crippen molar-refractivity contribution in [2.45, 2.75) is 45.4 Å². The van der Waals surface area contributed by atoms with E-state index in [9.17, 15) is 4.79 Å². The Bertz CT molecular complexity index is 200. The van der Waals surface area contributed by atoms with Gasteiger partial charge < -0.3 is 10.8 Å². The van der Waals surface area contributed by atoms with Crippen LogP contribution in [0.1, 0.15) is 45.4 Å². The Kier molecular flexibility index (Phi) is 5.09. The van der Waals surface area contributed by atoms with Crippen LogP contribution in [-0.4, -0.2) is 17.6 Å². The largest absolute Gasteiger partial charge is 0.481 e. The number of hydrogen-bond acceptors (Lipinski definition) is 2. The van der Waals surface area contributed by atoms with Crippen molar-refractivity contribution in [1.29, 1.82) is 0 Å². The summed E-state index contributed by atoms with van der Waals surface area (Å²) in [6.45, 7) is 2.75. The van der Waals surface area contributed by atoms with Gasteiger partial charge in [-0.1, -0.05) is 32.6 Å². The molecule has 0 radical (unpaired) electrons. The third kappa shape index (κ3) is 4.20. The first-order valence-electron chi connectivity index (χ1n) is 6.05. The molecule has 0 bridgehead atoms. The van der Waals surface area contributed by atoms with Gasteiger partial charge in [0.25, 0.3) is 0 Å². The highest BCUT2D eigenvalue weighted by Crippen LogP contribution is 2.34. The zero-order valence-electron chi connectivity index (χ0n) is 9.61. The van der Waals surface area contributed by atoms with E-state index in [-0.39, 0.29) is 12.3 Å². The van der Waals surface area contributed by atoms with Crippen LogP contribution in [0.15, 0.2) is 0 Å². The molecule has 1 rings (SSSR count). The van der Waals surface area contributed by atoms with Gasteiger partial charge >= 0.3 is 5.97 Å². The summed E-state index contributed by atoms with van der Waals surface area (Å²) in [5.41, 5.74) is 5.60. The van der Waals surface area contributed by atoms with Crippen molar-refractivity contribution in [2.24, 2.45) is 23.5 Å². The zero-order valence-corrected chi connectivity index (χ0v) is 9.61. The average Bonchev–Trinajstić information content (AvgIpc) is 2.68. The molecule has 2 unspecified atom stereocenters. The SMILES string of the molecule is CC(CC(CN)CC(=O)O)C1CCCC1. The average molecular weight is 213 g/mol. The van der Waals surface area contributed by atoms with Gasteiger partial charge in [-0.05, 0) is 30.7 Å². The Morgan fingerprint density at radius 1 is 1.47 bits per heavy atom. The van der Waals surface area contributed by atoms with Gasteiger partial charge in [0.2, 0.25) is 0 Å². The molecule has 3 nitrogen and oxygen atoms in total. The fraction of sp³-hybridized carbons (Fsp3) is 0.917. The van der Waals surface area contributed by atoms with Gasteiger partial charge in [0.15, 0.2) is 0 Å². The first kappa shape index (κ1) is 12.5. The summed E-state index contributed by atoms with van der Waals surface area (Å²) in [6, 6.07) is 0. The van der Waals surface area contributed by atoms with Gasteiger partial charge in [-0.3, -0.25) is 4.79 Å². The summed E-state index contributed by atoms with van der Waals surface area (Å²) in [7, 11) is 0. The zero-order chi connectivity index (χ0) is 11.3. The maximum Gasteiger partial charge on any atom is 0.303 e. The lowest BCUT2D eigenvalue weighted by atomic mass is 9.84. The van der Waals surface area contributed by atoms with Crippen LogP contribution in [0.5, 0.6) is 0 Å². The summed E-state index contributed by atoms with van der Waals surface area (Å²) in [5, 5.41) is 8.74. The molecule has 0 aromatic carbocycles. The Morgan fingerprint density at radius 2 is 2.07 bits per heavy atom. The minimum absolute atomic E-state index is 0.165. The molecule has 1 aliphatic rings. The van der Waals surface area contributed by atoms with E-state index in [1.165, 1.54) is 25.7 Å². The van der Waals surface area contributed by atoms with Crippen LogP contribution in [0.3, 0.4) is 0 Å². The van der Waals surface area contributed by atoms with E-state index in [2.05, 4.69) is 6.92 Å². The number of aliphatic carboxylic acids is 1. The Labute approximate surface area is 92.0 Å². The van der Waals surface area contributed by atoms with Gasteiger partial charge in [0.1, 0.15) is 0 Å².